The number of benzene rings is 1. The molecule has 2 unspecified atom stereocenters. The molecule has 0 radical (unpaired) electrons. The Balaban J connectivity index is 0.000000550. The lowest BCUT2D eigenvalue weighted by Gasteiger charge is -2.09. The summed E-state index contributed by atoms with van der Waals surface area (Å²) >= 11 is 3.36. The molecule has 2 amide bonds. The summed E-state index contributed by atoms with van der Waals surface area (Å²) in [7, 11) is 0. The Bertz CT molecular complexity index is 422. The summed E-state index contributed by atoms with van der Waals surface area (Å²) in [4.78, 5) is 20.5. The fraction of sp³-hybridized carbons (Fsp3) is 0.385. The largest absolute Gasteiger partial charge is 0.372 e. The zero-order valence-electron chi connectivity index (χ0n) is 10.7. The van der Waals surface area contributed by atoms with E-state index in [1.165, 1.54) is 0 Å². The van der Waals surface area contributed by atoms with Crippen molar-refractivity contribution in [1.82, 2.24) is 5.32 Å². The van der Waals surface area contributed by atoms with Gasteiger partial charge in [0.25, 0.3) is 0 Å². The maximum atomic E-state index is 11.9. The van der Waals surface area contributed by atoms with Crippen molar-refractivity contribution in [2.75, 3.05) is 11.9 Å². The van der Waals surface area contributed by atoms with E-state index in [2.05, 4.69) is 39.2 Å². The highest BCUT2D eigenvalue weighted by molar-refractivity contribution is 9.10. The molecule has 0 aliphatic carbocycles. The highest BCUT2D eigenvalue weighted by atomic mass is 79.9. The molecule has 1 saturated heterocycles. The number of hydrogen-bond acceptors (Lipinski definition) is 3. The van der Waals surface area contributed by atoms with Crippen molar-refractivity contribution in [3.05, 3.63) is 28.7 Å². The van der Waals surface area contributed by atoms with E-state index in [0.29, 0.717) is 6.04 Å². The van der Waals surface area contributed by atoms with Crippen LogP contribution in [0, 0.1) is 5.92 Å². The van der Waals surface area contributed by atoms with E-state index in [1.54, 1.807) is 0 Å². The molecule has 2 atom stereocenters. The summed E-state index contributed by atoms with van der Waals surface area (Å²) in [5.41, 5.74) is 5.02. The molecule has 6 heteroatoms. The van der Waals surface area contributed by atoms with E-state index in [9.17, 15) is 4.79 Å². The molecule has 0 saturated carbocycles. The van der Waals surface area contributed by atoms with Gasteiger partial charge in [-0.2, -0.15) is 0 Å². The van der Waals surface area contributed by atoms with Crippen LogP contribution in [-0.2, 0) is 9.59 Å². The molecule has 1 aliphatic heterocycles. The fourth-order valence-corrected chi connectivity index (χ4v) is 2.18. The monoisotopic (exact) mass is 327 g/mol. The van der Waals surface area contributed by atoms with Gasteiger partial charge in [0.2, 0.25) is 12.3 Å². The van der Waals surface area contributed by atoms with Crippen molar-refractivity contribution >= 4 is 33.9 Å². The van der Waals surface area contributed by atoms with Crippen molar-refractivity contribution in [3.63, 3.8) is 0 Å². The van der Waals surface area contributed by atoms with Crippen molar-refractivity contribution in [3.8, 4) is 0 Å². The van der Waals surface area contributed by atoms with Crippen LogP contribution in [-0.4, -0.2) is 24.9 Å². The minimum atomic E-state index is 0.0960. The molecule has 0 spiro atoms. The summed E-state index contributed by atoms with van der Waals surface area (Å²) in [5.74, 6) is 0.206. The molecule has 104 valence electrons. The van der Waals surface area contributed by atoms with Gasteiger partial charge in [-0.05, 0) is 37.6 Å². The van der Waals surface area contributed by atoms with Gasteiger partial charge in [-0.15, -0.1) is 0 Å². The summed E-state index contributed by atoms with van der Waals surface area (Å²) in [6, 6.07) is 8.08. The zero-order valence-corrected chi connectivity index (χ0v) is 12.3. The number of nitrogens with two attached hydrogens (primary N) is 1. The van der Waals surface area contributed by atoms with Crippen molar-refractivity contribution in [1.29, 1.82) is 0 Å². The van der Waals surface area contributed by atoms with Gasteiger partial charge in [-0.25, -0.2) is 0 Å². The molecule has 19 heavy (non-hydrogen) atoms. The van der Waals surface area contributed by atoms with E-state index >= 15 is 0 Å². The van der Waals surface area contributed by atoms with Gasteiger partial charge >= 0.3 is 0 Å². The molecule has 1 aromatic carbocycles. The number of halogens is 1. The molecule has 4 N–H and O–H groups in total. The molecule has 1 aromatic rings. The van der Waals surface area contributed by atoms with Crippen LogP contribution in [0.3, 0.4) is 0 Å². The van der Waals surface area contributed by atoms with Crippen LogP contribution < -0.4 is 16.4 Å². The Morgan fingerprint density at radius 2 is 2.05 bits per heavy atom. The predicted octanol–water partition coefficient (Wildman–Crippen LogP) is 1.49. The number of rotatable bonds is 2. The lowest BCUT2D eigenvalue weighted by atomic mass is 10.1. The molecular weight excluding hydrogens is 310 g/mol. The fourth-order valence-electron chi connectivity index (χ4n) is 1.91. The first-order valence-electron chi connectivity index (χ1n) is 6.02. The van der Waals surface area contributed by atoms with Crippen LogP contribution in [0.25, 0.3) is 0 Å². The van der Waals surface area contributed by atoms with Crippen LogP contribution in [0.5, 0.6) is 0 Å². The van der Waals surface area contributed by atoms with E-state index in [-0.39, 0.29) is 18.2 Å². The maximum Gasteiger partial charge on any atom is 0.228 e. The Labute approximate surface area is 121 Å². The number of nitrogens with one attached hydrogen (secondary N) is 2. The SMILES string of the molecule is CC1CC(C(=O)Nc2ccc(Br)cc2)CN1.NC=O. The number of primary amides is 1. The highest BCUT2D eigenvalue weighted by Gasteiger charge is 2.26. The molecule has 1 fully saturated rings. The zero-order chi connectivity index (χ0) is 14.3. The molecule has 1 aliphatic rings. The molecule has 2 rings (SSSR count). The topological polar surface area (TPSA) is 84.2 Å². The van der Waals surface area contributed by atoms with E-state index < -0.39 is 0 Å². The Morgan fingerprint density at radius 3 is 2.53 bits per heavy atom. The molecule has 0 aromatic heterocycles. The van der Waals surface area contributed by atoms with Crippen molar-refractivity contribution in [2.45, 2.75) is 19.4 Å². The first kappa shape index (κ1) is 15.7. The Morgan fingerprint density at radius 1 is 1.47 bits per heavy atom. The Kier molecular flexibility index (Phi) is 6.52. The Hall–Kier alpha value is -1.40. The molecule has 0 bridgehead atoms. The average molecular weight is 328 g/mol. The molecular formula is C13H18BrN3O2. The number of amides is 2. The average Bonchev–Trinajstić information content (AvgIpc) is 2.80. The van der Waals surface area contributed by atoms with Gasteiger partial charge in [0, 0.05) is 22.7 Å². The molecule has 5 nitrogen and oxygen atoms in total. The van der Waals surface area contributed by atoms with Crippen molar-refractivity contribution < 1.29 is 9.59 Å². The van der Waals surface area contributed by atoms with Gasteiger partial charge < -0.3 is 16.4 Å². The summed E-state index contributed by atoms with van der Waals surface area (Å²) in [5, 5.41) is 6.21. The van der Waals surface area contributed by atoms with E-state index in [0.717, 1.165) is 23.1 Å². The second-order valence-electron chi connectivity index (χ2n) is 4.37. The number of carbonyl (C=O) groups excluding carboxylic acids is 2. The predicted molar refractivity (Wildman–Crippen MR) is 78.6 cm³/mol. The lowest BCUT2D eigenvalue weighted by molar-refractivity contribution is -0.119. The number of carbonyl (C=O) groups is 2. The normalized spacial score (nSPS) is 21.2. The van der Waals surface area contributed by atoms with Crippen LogP contribution in [0.1, 0.15) is 13.3 Å². The summed E-state index contributed by atoms with van der Waals surface area (Å²) in [6.07, 6.45) is 1.17. The number of hydrogen-bond donors (Lipinski definition) is 3. The quantitative estimate of drug-likeness (QED) is 0.719. The van der Waals surface area contributed by atoms with Crippen LogP contribution >= 0.6 is 15.9 Å². The highest BCUT2D eigenvalue weighted by Crippen LogP contribution is 2.18. The minimum Gasteiger partial charge on any atom is -0.372 e. The number of anilines is 1. The van der Waals surface area contributed by atoms with E-state index in [1.807, 2.05) is 24.3 Å². The van der Waals surface area contributed by atoms with Gasteiger partial charge in [0.05, 0.1) is 5.92 Å². The maximum absolute atomic E-state index is 11.9. The van der Waals surface area contributed by atoms with E-state index in [4.69, 9.17) is 4.79 Å². The second kappa shape index (κ2) is 7.91. The van der Waals surface area contributed by atoms with Gasteiger partial charge in [-0.1, -0.05) is 15.9 Å². The van der Waals surface area contributed by atoms with Gasteiger partial charge in [0.1, 0.15) is 0 Å². The molecule has 1 heterocycles. The van der Waals surface area contributed by atoms with Crippen molar-refractivity contribution in [2.24, 2.45) is 11.7 Å². The minimum absolute atomic E-state index is 0.0960. The van der Waals surface area contributed by atoms with Crippen LogP contribution in [0.15, 0.2) is 28.7 Å². The smallest absolute Gasteiger partial charge is 0.228 e. The third-order valence-corrected chi connectivity index (χ3v) is 3.36. The van der Waals surface area contributed by atoms with Crippen LogP contribution in [0.4, 0.5) is 5.69 Å². The lowest BCUT2D eigenvalue weighted by Crippen LogP contribution is -2.24. The second-order valence-corrected chi connectivity index (χ2v) is 5.29. The first-order chi connectivity index (χ1) is 9.06. The third-order valence-electron chi connectivity index (χ3n) is 2.83. The van der Waals surface area contributed by atoms with Gasteiger partial charge in [-0.3, -0.25) is 9.59 Å². The third kappa shape index (κ3) is 5.40. The summed E-state index contributed by atoms with van der Waals surface area (Å²) < 4.78 is 1.02. The van der Waals surface area contributed by atoms with Gasteiger partial charge in [0.15, 0.2) is 0 Å². The standard InChI is InChI=1S/C12H15BrN2O.CH3NO/c1-8-6-9(7-14-8)12(16)15-11-4-2-10(13)3-5-11;2-1-3/h2-5,8-9,14H,6-7H2,1H3,(H,15,16);1H,(H2,2,3). The first-order valence-corrected chi connectivity index (χ1v) is 6.81. The summed E-state index contributed by atoms with van der Waals surface area (Å²) in [6.45, 7) is 2.89. The van der Waals surface area contributed by atoms with Crippen LogP contribution in [0.2, 0.25) is 0 Å².